The van der Waals surface area contributed by atoms with E-state index in [0.717, 1.165) is 36.5 Å². The molecule has 3 nitrogen and oxygen atoms in total. The van der Waals surface area contributed by atoms with E-state index in [4.69, 9.17) is 14.7 Å². The Hall–Kier alpha value is -2.31. The number of unbranched alkanes of at least 4 members (excludes halogenated alkanes) is 7. The molecule has 0 fully saturated rings. The first-order valence-corrected chi connectivity index (χ1v) is 10.1. The van der Waals surface area contributed by atoms with Gasteiger partial charge in [0.1, 0.15) is 5.75 Å². The third-order valence-electron chi connectivity index (χ3n) is 4.71. The molecule has 2 aromatic rings. The smallest absolute Gasteiger partial charge is 0.119 e. The standard InChI is InChI=1S/C24H31NO2/c1-26-18-8-6-4-2-3-5-7-9-19-27-24-16-14-23(15-17-24)22-12-10-21(20-25)11-13-22/h10-17H,2-9,18-19H2,1H3. The van der Waals surface area contributed by atoms with Crippen LogP contribution in [0.2, 0.25) is 0 Å². The lowest BCUT2D eigenvalue weighted by molar-refractivity contribution is 0.192. The van der Waals surface area contributed by atoms with Crippen LogP contribution in [-0.4, -0.2) is 20.3 Å². The van der Waals surface area contributed by atoms with Crippen LogP contribution in [0.5, 0.6) is 5.75 Å². The zero-order valence-electron chi connectivity index (χ0n) is 16.5. The number of hydrogen-bond acceptors (Lipinski definition) is 3. The Kier molecular flexibility index (Phi) is 10.1. The van der Waals surface area contributed by atoms with Gasteiger partial charge in [0.15, 0.2) is 0 Å². The van der Waals surface area contributed by atoms with Gasteiger partial charge >= 0.3 is 0 Å². The summed E-state index contributed by atoms with van der Waals surface area (Å²) < 4.78 is 10.9. The molecule has 144 valence electrons. The molecule has 0 spiro atoms. The maximum absolute atomic E-state index is 8.87. The van der Waals surface area contributed by atoms with Crippen molar-refractivity contribution in [2.24, 2.45) is 0 Å². The van der Waals surface area contributed by atoms with Crippen LogP contribution in [0.25, 0.3) is 11.1 Å². The minimum absolute atomic E-state index is 0.685. The molecule has 2 aromatic carbocycles. The molecule has 0 N–H and O–H groups in total. The average Bonchev–Trinajstić information content (AvgIpc) is 2.72. The second-order valence-electron chi connectivity index (χ2n) is 6.88. The number of nitrogens with zero attached hydrogens (tertiary/aromatic N) is 1. The summed E-state index contributed by atoms with van der Waals surface area (Å²) in [7, 11) is 1.77. The lowest BCUT2D eigenvalue weighted by atomic mass is 10.0. The second-order valence-corrected chi connectivity index (χ2v) is 6.88. The first kappa shape index (κ1) is 21.0. The summed E-state index contributed by atoms with van der Waals surface area (Å²) in [6.07, 6.45) is 10.1. The normalized spacial score (nSPS) is 10.5. The molecule has 0 saturated heterocycles. The van der Waals surface area contributed by atoms with E-state index in [1.54, 1.807) is 7.11 Å². The van der Waals surface area contributed by atoms with Gasteiger partial charge in [-0.3, -0.25) is 0 Å². The van der Waals surface area contributed by atoms with E-state index < -0.39 is 0 Å². The van der Waals surface area contributed by atoms with Crippen molar-refractivity contribution in [1.82, 2.24) is 0 Å². The van der Waals surface area contributed by atoms with E-state index in [1.165, 1.54) is 44.9 Å². The van der Waals surface area contributed by atoms with E-state index in [1.807, 2.05) is 36.4 Å². The Balaban J connectivity index is 1.57. The van der Waals surface area contributed by atoms with Gasteiger partial charge in [-0.2, -0.15) is 5.26 Å². The third-order valence-corrected chi connectivity index (χ3v) is 4.71. The summed E-state index contributed by atoms with van der Waals surface area (Å²) in [5.74, 6) is 0.922. The lowest BCUT2D eigenvalue weighted by Gasteiger charge is -2.08. The van der Waals surface area contributed by atoms with Crippen molar-refractivity contribution in [3.63, 3.8) is 0 Å². The Bertz CT molecular complexity index is 671. The second kappa shape index (κ2) is 12.9. The fourth-order valence-corrected chi connectivity index (χ4v) is 3.08. The highest BCUT2D eigenvalue weighted by Crippen LogP contribution is 2.23. The van der Waals surface area contributed by atoms with Gasteiger partial charge in [0.05, 0.1) is 18.2 Å². The lowest BCUT2D eigenvalue weighted by Crippen LogP contribution is -1.97. The van der Waals surface area contributed by atoms with E-state index in [2.05, 4.69) is 18.2 Å². The molecule has 27 heavy (non-hydrogen) atoms. The molecule has 0 radical (unpaired) electrons. The van der Waals surface area contributed by atoms with Gasteiger partial charge in [-0.25, -0.2) is 0 Å². The number of benzene rings is 2. The minimum Gasteiger partial charge on any atom is -0.494 e. The van der Waals surface area contributed by atoms with Crippen LogP contribution in [0.15, 0.2) is 48.5 Å². The molecule has 0 bridgehead atoms. The number of nitriles is 1. The summed E-state index contributed by atoms with van der Waals surface area (Å²) in [5, 5.41) is 8.87. The van der Waals surface area contributed by atoms with Gasteiger partial charge in [-0.15, -0.1) is 0 Å². The van der Waals surface area contributed by atoms with Crippen LogP contribution in [-0.2, 0) is 4.74 Å². The van der Waals surface area contributed by atoms with Gasteiger partial charge in [0, 0.05) is 13.7 Å². The minimum atomic E-state index is 0.685. The molecule has 0 saturated carbocycles. The fraction of sp³-hybridized carbons (Fsp3) is 0.458. The van der Waals surface area contributed by atoms with Gasteiger partial charge in [0.25, 0.3) is 0 Å². The molecule has 0 amide bonds. The van der Waals surface area contributed by atoms with Crippen LogP contribution in [0.3, 0.4) is 0 Å². The molecule has 2 rings (SSSR count). The summed E-state index contributed by atoms with van der Waals surface area (Å²) in [4.78, 5) is 0. The highest BCUT2D eigenvalue weighted by Gasteiger charge is 2.00. The van der Waals surface area contributed by atoms with Crippen LogP contribution in [0.1, 0.15) is 56.9 Å². The third kappa shape index (κ3) is 8.28. The molecule has 3 heteroatoms. The van der Waals surface area contributed by atoms with E-state index in [0.29, 0.717) is 5.56 Å². The van der Waals surface area contributed by atoms with Gasteiger partial charge in [-0.1, -0.05) is 62.8 Å². The van der Waals surface area contributed by atoms with Crippen molar-refractivity contribution < 1.29 is 9.47 Å². The molecule has 0 unspecified atom stereocenters. The highest BCUT2D eigenvalue weighted by atomic mass is 16.5. The molecular weight excluding hydrogens is 334 g/mol. The number of methoxy groups -OCH3 is 1. The number of rotatable bonds is 13. The fourth-order valence-electron chi connectivity index (χ4n) is 3.08. The SMILES string of the molecule is COCCCCCCCCCCOc1ccc(-c2ccc(C#N)cc2)cc1. The molecule has 0 aliphatic rings. The Morgan fingerprint density at radius 3 is 1.67 bits per heavy atom. The van der Waals surface area contributed by atoms with Gasteiger partial charge in [0.2, 0.25) is 0 Å². The average molecular weight is 366 g/mol. The summed E-state index contributed by atoms with van der Waals surface area (Å²) in [5.41, 5.74) is 2.94. The predicted molar refractivity (Wildman–Crippen MR) is 111 cm³/mol. The zero-order valence-corrected chi connectivity index (χ0v) is 16.5. The quantitative estimate of drug-likeness (QED) is 0.387. The molecule has 0 atom stereocenters. The highest BCUT2D eigenvalue weighted by molar-refractivity contribution is 5.64. The van der Waals surface area contributed by atoms with Crippen LogP contribution < -0.4 is 4.74 Å². The predicted octanol–water partition coefficient (Wildman–Crippen LogP) is 6.37. The topological polar surface area (TPSA) is 42.2 Å². The van der Waals surface area contributed by atoms with Crippen molar-refractivity contribution in [3.8, 4) is 22.9 Å². The van der Waals surface area contributed by atoms with E-state index >= 15 is 0 Å². The Labute approximate surface area is 163 Å². The summed E-state index contributed by atoms with van der Waals surface area (Å²) in [6.45, 7) is 1.68. The van der Waals surface area contributed by atoms with Crippen molar-refractivity contribution in [2.75, 3.05) is 20.3 Å². The van der Waals surface area contributed by atoms with Crippen molar-refractivity contribution >= 4 is 0 Å². The first-order chi connectivity index (χ1) is 13.3. The van der Waals surface area contributed by atoms with Crippen LogP contribution in [0.4, 0.5) is 0 Å². The monoisotopic (exact) mass is 365 g/mol. The van der Waals surface area contributed by atoms with Gasteiger partial charge < -0.3 is 9.47 Å². The Morgan fingerprint density at radius 2 is 1.15 bits per heavy atom. The van der Waals surface area contributed by atoms with E-state index in [9.17, 15) is 0 Å². The molecule has 0 aromatic heterocycles. The van der Waals surface area contributed by atoms with E-state index in [-0.39, 0.29) is 0 Å². The molecular formula is C24H31NO2. The molecule has 0 heterocycles. The maximum Gasteiger partial charge on any atom is 0.119 e. The molecule has 0 aliphatic heterocycles. The molecule has 0 aliphatic carbocycles. The van der Waals surface area contributed by atoms with Crippen LogP contribution in [0, 0.1) is 11.3 Å². The van der Waals surface area contributed by atoms with Gasteiger partial charge in [-0.05, 0) is 48.2 Å². The first-order valence-electron chi connectivity index (χ1n) is 10.1. The summed E-state index contributed by atoms with van der Waals surface area (Å²) >= 11 is 0. The summed E-state index contributed by atoms with van der Waals surface area (Å²) in [6, 6.07) is 18.0. The number of ether oxygens (including phenoxy) is 2. The van der Waals surface area contributed by atoms with Crippen molar-refractivity contribution in [3.05, 3.63) is 54.1 Å². The zero-order chi connectivity index (χ0) is 19.2. The largest absolute Gasteiger partial charge is 0.494 e. The maximum atomic E-state index is 8.87. The Morgan fingerprint density at radius 1 is 0.667 bits per heavy atom. The van der Waals surface area contributed by atoms with Crippen molar-refractivity contribution in [1.29, 1.82) is 5.26 Å². The van der Waals surface area contributed by atoms with Crippen LogP contribution >= 0.6 is 0 Å². The number of hydrogen-bond donors (Lipinski definition) is 0. The van der Waals surface area contributed by atoms with Crippen molar-refractivity contribution in [2.45, 2.75) is 51.4 Å².